The van der Waals surface area contributed by atoms with Gasteiger partial charge in [-0.05, 0) is 52.4 Å². The monoisotopic (exact) mass is 417 g/mol. The molecule has 0 spiro atoms. The normalized spacial score (nSPS) is 24.8. The number of aliphatic carboxylic acids is 1. The summed E-state index contributed by atoms with van der Waals surface area (Å²) in [5.74, 6) is -0.463. The number of rotatable bonds is 5. The van der Waals surface area contributed by atoms with Crippen molar-refractivity contribution in [3.63, 3.8) is 0 Å². The molecule has 3 atom stereocenters. The first-order valence-corrected chi connectivity index (χ1v) is 8.75. The van der Waals surface area contributed by atoms with Gasteiger partial charge in [-0.1, -0.05) is 23.3 Å². The smallest absolute Gasteiger partial charge is 0.310 e. The fraction of sp³-hybridized carbons (Fsp3) is 0.353. The minimum atomic E-state index is -1.17. The molecule has 0 saturated heterocycles. The molecule has 1 aliphatic rings. The summed E-state index contributed by atoms with van der Waals surface area (Å²) in [5, 5.41) is 23.4. The number of azide groups is 1. The molecule has 1 aromatic carbocycles. The van der Waals surface area contributed by atoms with Gasteiger partial charge in [-0.2, -0.15) is 0 Å². The van der Waals surface area contributed by atoms with Crippen molar-refractivity contribution >= 4 is 21.9 Å². The number of hydrogen-bond acceptors (Lipinski definition) is 5. The topological polar surface area (TPSA) is 132 Å². The summed E-state index contributed by atoms with van der Waals surface area (Å²) in [6.07, 6.45) is 2.70. The van der Waals surface area contributed by atoms with Gasteiger partial charge in [0, 0.05) is 22.9 Å². The van der Waals surface area contributed by atoms with Gasteiger partial charge in [-0.3, -0.25) is 4.79 Å². The first-order chi connectivity index (χ1) is 12.4. The first kappa shape index (κ1) is 18.3. The standard InChI is InChI=1S/C17H16BrN5O3/c18-12-8-20-15(21-9-12)11-3-1-2-10(4-11)5-17(16(25)26)6-13(22-23-19)14(24)7-17/h1-4,8-9,13-14,24H,5-7H2,(H,25,26)/t13-,14+,17-/m1/s1. The third-order valence-corrected chi connectivity index (χ3v) is 5.06. The maximum Gasteiger partial charge on any atom is 0.310 e. The van der Waals surface area contributed by atoms with E-state index in [4.69, 9.17) is 5.53 Å². The van der Waals surface area contributed by atoms with Crippen LogP contribution in [0.4, 0.5) is 0 Å². The molecular weight excluding hydrogens is 402 g/mol. The number of carboxylic acid groups (broad SMARTS) is 1. The summed E-state index contributed by atoms with van der Waals surface area (Å²) < 4.78 is 0.770. The van der Waals surface area contributed by atoms with Gasteiger partial charge in [0.2, 0.25) is 0 Å². The van der Waals surface area contributed by atoms with Crippen LogP contribution in [0.15, 0.2) is 46.2 Å². The van der Waals surface area contributed by atoms with Crippen LogP contribution >= 0.6 is 15.9 Å². The fourth-order valence-electron chi connectivity index (χ4n) is 3.41. The quantitative estimate of drug-likeness (QED) is 0.437. The van der Waals surface area contributed by atoms with Gasteiger partial charge < -0.3 is 10.2 Å². The lowest BCUT2D eigenvalue weighted by Crippen LogP contribution is -2.31. The Balaban J connectivity index is 1.89. The molecule has 0 radical (unpaired) electrons. The first-order valence-electron chi connectivity index (χ1n) is 7.96. The molecular formula is C17H16BrN5O3. The molecule has 3 rings (SSSR count). The van der Waals surface area contributed by atoms with Gasteiger partial charge in [-0.25, -0.2) is 9.97 Å². The lowest BCUT2D eigenvalue weighted by atomic mass is 9.79. The second-order valence-electron chi connectivity index (χ2n) is 6.44. The Morgan fingerprint density at radius 2 is 2.12 bits per heavy atom. The predicted molar refractivity (Wildman–Crippen MR) is 97.1 cm³/mol. The molecule has 2 N–H and O–H groups in total. The van der Waals surface area contributed by atoms with Crippen molar-refractivity contribution in [2.45, 2.75) is 31.4 Å². The zero-order valence-electron chi connectivity index (χ0n) is 13.7. The van der Waals surface area contributed by atoms with E-state index in [1.807, 2.05) is 24.3 Å². The number of aromatic nitrogens is 2. The number of halogens is 1. The average molecular weight is 418 g/mol. The van der Waals surface area contributed by atoms with Crippen LogP contribution in [0, 0.1) is 5.41 Å². The summed E-state index contributed by atoms with van der Waals surface area (Å²) >= 11 is 3.29. The zero-order valence-corrected chi connectivity index (χ0v) is 15.2. The van der Waals surface area contributed by atoms with Crippen molar-refractivity contribution in [1.29, 1.82) is 0 Å². The lowest BCUT2D eigenvalue weighted by molar-refractivity contribution is -0.149. The molecule has 0 amide bonds. The van der Waals surface area contributed by atoms with Crippen LogP contribution in [0.3, 0.4) is 0 Å². The predicted octanol–water partition coefficient (Wildman–Crippen LogP) is 3.35. The molecule has 9 heteroatoms. The van der Waals surface area contributed by atoms with Crippen LogP contribution in [0.2, 0.25) is 0 Å². The Morgan fingerprint density at radius 1 is 1.38 bits per heavy atom. The summed E-state index contributed by atoms with van der Waals surface area (Å²) in [5.41, 5.74) is 9.01. The van der Waals surface area contributed by atoms with Crippen molar-refractivity contribution in [3.8, 4) is 11.4 Å². The SMILES string of the molecule is [N-]=[N+]=N[C@@H]1C[C@@](Cc2cccc(-c3ncc(Br)cn3)c2)(C(=O)O)C[C@@H]1O. The number of nitrogens with zero attached hydrogens (tertiary/aromatic N) is 5. The molecule has 1 aliphatic carbocycles. The van der Waals surface area contributed by atoms with Crippen LogP contribution in [-0.4, -0.2) is 38.3 Å². The van der Waals surface area contributed by atoms with Gasteiger partial charge in [-0.15, -0.1) is 0 Å². The van der Waals surface area contributed by atoms with E-state index >= 15 is 0 Å². The number of aliphatic hydroxyl groups is 1. The van der Waals surface area contributed by atoms with Gasteiger partial charge >= 0.3 is 5.97 Å². The van der Waals surface area contributed by atoms with E-state index in [0.717, 1.165) is 15.6 Å². The zero-order chi connectivity index (χ0) is 18.7. The number of benzene rings is 1. The molecule has 134 valence electrons. The second-order valence-corrected chi connectivity index (χ2v) is 7.35. The minimum absolute atomic E-state index is 0.0467. The number of carbonyl (C=O) groups is 1. The van der Waals surface area contributed by atoms with Crippen molar-refractivity contribution in [1.82, 2.24) is 9.97 Å². The van der Waals surface area contributed by atoms with Crippen molar-refractivity contribution in [3.05, 3.63) is 57.1 Å². The second kappa shape index (κ2) is 7.41. The number of hydrogen-bond donors (Lipinski definition) is 2. The molecule has 1 fully saturated rings. The highest BCUT2D eigenvalue weighted by Crippen LogP contribution is 2.43. The van der Waals surface area contributed by atoms with E-state index in [9.17, 15) is 15.0 Å². The largest absolute Gasteiger partial charge is 0.481 e. The van der Waals surface area contributed by atoms with Crippen LogP contribution in [0.1, 0.15) is 18.4 Å². The molecule has 0 bridgehead atoms. The number of carboxylic acids is 1. The van der Waals surface area contributed by atoms with E-state index in [-0.39, 0.29) is 19.3 Å². The van der Waals surface area contributed by atoms with Gasteiger partial charge in [0.15, 0.2) is 5.82 Å². The van der Waals surface area contributed by atoms with E-state index in [1.165, 1.54) is 0 Å². The van der Waals surface area contributed by atoms with Crippen molar-refractivity contribution in [2.75, 3.05) is 0 Å². The van der Waals surface area contributed by atoms with Gasteiger partial charge in [0.1, 0.15) is 0 Å². The molecule has 1 aromatic heterocycles. The molecule has 0 aliphatic heterocycles. The molecule has 8 nitrogen and oxygen atoms in total. The van der Waals surface area contributed by atoms with E-state index in [1.54, 1.807) is 12.4 Å². The molecule has 1 heterocycles. The van der Waals surface area contributed by atoms with Gasteiger partial charge in [0.05, 0.1) is 22.0 Å². The molecule has 26 heavy (non-hydrogen) atoms. The van der Waals surface area contributed by atoms with E-state index < -0.39 is 23.5 Å². The Bertz CT molecular complexity index is 869. The summed E-state index contributed by atoms with van der Waals surface area (Å²) in [7, 11) is 0. The summed E-state index contributed by atoms with van der Waals surface area (Å²) in [4.78, 5) is 23.2. The third-order valence-electron chi connectivity index (χ3n) is 4.65. The van der Waals surface area contributed by atoms with E-state index in [2.05, 4.69) is 35.9 Å². The Labute approximate surface area is 157 Å². The van der Waals surface area contributed by atoms with E-state index in [0.29, 0.717) is 5.82 Å². The van der Waals surface area contributed by atoms with Crippen LogP contribution in [0.5, 0.6) is 0 Å². The molecule has 1 saturated carbocycles. The fourth-order valence-corrected chi connectivity index (χ4v) is 3.61. The summed E-state index contributed by atoms with van der Waals surface area (Å²) in [6, 6.07) is 6.63. The highest BCUT2D eigenvalue weighted by molar-refractivity contribution is 9.10. The van der Waals surface area contributed by atoms with Crippen LogP contribution in [0.25, 0.3) is 21.8 Å². The van der Waals surface area contributed by atoms with Crippen molar-refractivity contribution in [2.24, 2.45) is 10.5 Å². The maximum absolute atomic E-state index is 11.9. The number of aliphatic hydroxyl groups excluding tert-OH is 1. The lowest BCUT2D eigenvalue weighted by Gasteiger charge is -2.24. The third kappa shape index (κ3) is 3.70. The average Bonchev–Trinajstić information content (AvgIpc) is 2.93. The summed E-state index contributed by atoms with van der Waals surface area (Å²) in [6.45, 7) is 0. The van der Waals surface area contributed by atoms with Crippen molar-refractivity contribution < 1.29 is 15.0 Å². The molecule has 2 aromatic rings. The highest BCUT2D eigenvalue weighted by Gasteiger charge is 2.49. The molecule has 0 unspecified atom stereocenters. The maximum atomic E-state index is 11.9. The minimum Gasteiger partial charge on any atom is -0.481 e. The van der Waals surface area contributed by atoms with Gasteiger partial charge in [0.25, 0.3) is 0 Å². The Hall–Kier alpha value is -2.48. The Kier molecular flexibility index (Phi) is 5.22. The highest BCUT2D eigenvalue weighted by atomic mass is 79.9. The van der Waals surface area contributed by atoms with Crippen LogP contribution in [-0.2, 0) is 11.2 Å². The Morgan fingerprint density at radius 3 is 2.77 bits per heavy atom. The van der Waals surface area contributed by atoms with Crippen LogP contribution < -0.4 is 0 Å².